The maximum Gasteiger partial charge on any atom is 0.408 e. The fourth-order valence-electron chi connectivity index (χ4n) is 4.91. The third-order valence-corrected chi connectivity index (χ3v) is 6.99. The van der Waals surface area contributed by atoms with Gasteiger partial charge in [0.25, 0.3) is 0 Å². The first-order valence-corrected chi connectivity index (χ1v) is 16.0. The van der Waals surface area contributed by atoms with E-state index < -0.39 is 41.6 Å². The van der Waals surface area contributed by atoms with Gasteiger partial charge in [-0.2, -0.15) is 0 Å². The number of ether oxygens (including phenoxy) is 2. The van der Waals surface area contributed by atoms with Crippen LogP contribution in [0.1, 0.15) is 96.7 Å². The first-order chi connectivity index (χ1) is 21.4. The van der Waals surface area contributed by atoms with Crippen molar-refractivity contribution in [1.29, 1.82) is 0 Å². The van der Waals surface area contributed by atoms with E-state index in [1.54, 1.807) is 39.8 Å². The van der Waals surface area contributed by atoms with Crippen LogP contribution in [0.15, 0.2) is 54.6 Å². The van der Waals surface area contributed by atoms with Crippen LogP contribution in [0.3, 0.4) is 0 Å². The zero-order valence-corrected chi connectivity index (χ0v) is 27.5. The molecule has 0 aliphatic heterocycles. The Morgan fingerprint density at radius 1 is 0.911 bits per heavy atom. The molecule has 10 nitrogen and oxygen atoms in total. The van der Waals surface area contributed by atoms with E-state index in [0.717, 1.165) is 37.7 Å². The van der Waals surface area contributed by atoms with E-state index >= 15 is 0 Å². The Morgan fingerprint density at radius 2 is 1.60 bits per heavy atom. The van der Waals surface area contributed by atoms with E-state index in [9.17, 15) is 24.3 Å². The number of benzene rings is 2. The van der Waals surface area contributed by atoms with Crippen LogP contribution in [0.25, 0.3) is 0 Å². The number of hydrogen-bond donors (Lipinski definition) is 3. The molecule has 3 amide bonds. The summed E-state index contributed by atoms with van der Waals surface area (Å²) < 4.78 is 10.5. The van der Waals surface area contributed by atoms with E-state index in [-0.39, 0.29) is 38.3 Å². The van der Waals surface area contributed by atoms with Crippen molar-refractivity contribution in [2.75, 3.05) is 19.7 Å². The van der Waals surface area contributed by atoms with Crippen LogP contribution >= 0.6 is 0 Å². The van der Waals surface area contributed by atoms with Crippen molar-refractivity contribution in [2.45, 2.75) is 104 Å². The van der Waals surface area contributed by atoms with Gasteiger partial charge in [-0.05, 0) is 57.4 Å². The number of aromatic hydroxyl groups is 1. The minimum atomic E-state index is -1.14. The third kappa shape index (κ3) is 14.0. The number of carbonyl (C=O) groups is 4. The van der Waals surface area contributed by atoms with E-state index in [2.05, 4.69) is 17.6 Å². The molecule has 0 aliphatic rings. The summed E-state index contributed by atoms with van der Waals surface area (Å²) in [6, 6.07) is 13.3. The van der Waals surface area contributed by atoms with Gasteiger partial charge in [-0.25, -0.2) is 4.79 Å². The molecule has 0 heterocycles. The largest absolute Gasteiger partial charge is 0.508 e. The van der Waals surface area contributed by atoms with Gasteiger partial charge in [-0.15, -0.1) is 0 Å². The number of hydrogen-bond acceptors (Lipinski definition) is 7. The molecule has 2 aromatic rings. The van der Waals surface area contributed by atoms with Crippen molar-refractivity contribution in [2.24, 2.45) is 0 Å². The molecule has 2 aromatic carbocycles. The standard InChI is InChI=1S/C35H51N3O7/c1-6-8-9-10-11-15-23-38(31(27-19-16-20-28(39)25-27)32(41)36-22-21-30(40)44-7-2)33(42)29(24-26-17-13-12-14-18-26)37-34(43)45-35(3,4)5/h12-14,16-20,25,29,31,39H,6-11,15,21-24H2,1-5H3,(H,36,41)(H,37,43). The zero-order chi connectivity index (χ0) is 33.2. The number of phenolic OH excluding ortho intramolecular Hbond substituents is 1. The molecule has 2 rings (SSSR count). The van der Waals surface area contributed by atoms with Gasteiger partial charge in [0.15, 0.2) is 0 Å². The van der Waals surface area contributed by atoms with Crippen LogP contribution in [0.2, 0.25) is 0 Å². The molecule has 0 radical (unpaired) electrons. The summed E-state index contributed by atoms with van der Waals surface area (Å²) >= 11 is 0. The van der Waals surface area contributed by atoms with E-state index in [4.69, 9.17) is 9.47 Å². The first-order valence-electron chi connectivity index (χ1n) is 16.0. The lowest BCUT2D eigenvalue weighted by atomic mass is 9.99. The number of esters is 1. The molecule has 3 N–H and O–H groups in total. The van der Waals surface area contributed by atoms with Gasteiger partial charge >= 0.3 is 12.1 Å². The van der Waals surface area contributed by atoms with Crippen LogP contribution in [0, 0.1) is 0 Å². The molecular formula is C35H51N3O7. The second kappa shape index (κ2) is 19.3. The number of alkyl carbamates (subject to hydrolysis) is 1. The molecule has 2 unspecified atom stereocenters. The summed E-state index contributed by atoms with van der Waals surface area (Å²) in [6.45, 7) is 9.54. The van der Waals surface area contributed by atoms with E-state index in [1.165, 1.54) is 17.0 Å². The zero-order valence-electron chi connectivity index (χ0n) is 27.5. The Kier molecular flexibility index (Phi) is 15.9. The predicted molar refractivity (Wildman–Crippen MR) is 174 cm³/mol. The van der Waals surface area contributed by atoms with Gasteiger partial charge in [0.05, 0.1) is 13.0 Å². The second-order valence-electron chi connectivity index (χ2n) is 12.0. The number of phenols is 1. The fourth-order valence-corrected chi connectivity index (χ4v) is 4.91. The van der Waals surface area contributed by atoms with Gasteiger partial charge < -0.3 is 30.1 Å². The van der Waals surface area contributed by atoms with Gasteiger partial charge in [-0.1, -0.05) is 81.5 Å². The highest BCUT2D eigenvalue weighted by Gasteiger charge is 2.36. The lowest BCUT2D eigenvalue weighted by Gasteiger charge is -2.34. The molecule has 0 aromatic heterocycles. The lowest BCUT2D eigenvalue weighted by Crippen LogP contribution is -2.54. The van der Waals surface area contributed by atoms with Gasteiger partial charge in [-0.3, -0.25) is 14.4 Å². The van der Waals surface area contributed by atoms with E-state index in [0.29, 0.717) is 12.0 Å². The summed E-state index contributed by atoms with van der Waals surface area (Å²) in [5, 5.41) is 15.9. The molecule has 0 saturated heterocycles. The van der Waals surface area contributed by atoms with Crippen LogP contribution < -0.4 is 10.6 Å². The summed E-state index contributed by atoms with van der Waals surface area (Å²) in [7, 11) is 0. The number of nitrogens with one attached hydrogen (secondary N) is 2. The maximum absolute atomic E-state index is 14.5. The molecular weight excluding hydrogens is 574 g/mol. The first kappa shape index (κ1) is 37.1. The highest BCUT2D eigenvalue weighted by atomic mass is 16.6. The Bertz CT molecular complexity index is 1210. The van der Waals surface area contributed by atoms with Crippen LogP contribution in [-0.4, -0.2) is 65.2 Å². The fraction of sp³-hybridized carbons (Fsp3) is 0.543. The molecule has 45 heavy (non-hydrogen) atoms. The highest BCUT2D eigenvalue weighted by Crippen LogP contribution is 2.27. The average molecular weight is 626 g/mol. The van der Waals surface area contributed by atoms with Crippen molar-refractivity contribution in [3.8, 4) is 5.75 Å². The monoisotopic (exact) mass is 625 g/mol. The number of nitrogens with zero attached hydrogens (tertiary/aromatic N) is 1. The topological polar surface area (TPSA) is 134 Å². The minimum absolute atomic E-state index is 0.00956. The molecule has 0 bridgehead atoms. The summed E-state index contributed by atoms with van der Waals surface area (Å²) in [4.78, 5) is 54.8. The number of carbonyl (C=O) groups excluding carboxylic acids is 4. The molecule has 0 saturated carbocycles. The van der Waals surface area contributed by atoms with Crippen molar-refractivity contribution >= 4 is 23.9 Å². The van der Waals surface area contributed by atoms with Gasteiger partial charge in [0.1, 0.15) is 23.4 Å². The molecule has 248 valence electrons. The predicted octanol–water partition coefficient (Wildman–Crippen LogP) is 5.83. The molecule has 0 aliphatic carbocycles. The SMILES string of the molecule is CCCCCCCCN(C(=O)C(Cc1ccccc1)NC(=O)OC(C)(C)C)C(C(=O)NCCC(=O)OCC)c1cccc(O)c1. The Balaban J connectivity index is 2.49. The molecule has 10 heteroatoms. The Hall–Kier alpha value is -4.08. The third-order valence-electron chi connectivity index (χ3n) is 6.99. The van der Waals surface area contributed by atoms with Crippen molar-refractivity contribution < 1.29 is 33.8 Å². The number of amides is 3. The van der Waals surface area contributed by atoms with Crippen LogP contribution in [0.4, 0.5) is 4.79 Å². The molecule has 0 spiro atoms. The normalized spacial score (nSPS) is 12.5. The summed E-state index contributed by atoms with van der Waals surface area (Å²) in [5.74, 6) is -1.49. The smallest absolute Gasteiger partial charge is 0.408 e. The maximum atomic E-state index is 14.5. The summed E-state index contributed by atoms with van der Waals surface area (Å²) in [5.41, 5.74) is 0.434. The average Bonchev–Trinajstić information content (AvgIpc) is 2.97. The number of unbranched alkanes of at least 4 members (excludes halogenated alkanes) is 5. The summed E-state index contributed by atoms with van der Waals surface area (Å²) in [6.07, 6.45) is 5.16. The van der Waals surface area contributed by atoms with Crippen molar-refractivity contribution in [3.63, 3.8) is 0 Å². The second-order valence-corrected chi connectivity index (χ2v) is 12.0. The van der Waals surface area contributed by atoms with Gasteiger partial charge in [0, 0.05) is 19.5 Å². The van der Waals surface area contributed by atoms with Crippen molar-refractivity contribution in [3.05, 3.63) is 65.7 Å². The Labute approximate surface area is 267 Å². The lowest BCUT2D eigenvalue weighted by molar-refractivity contribution is -0.144. The van der Waals surface area contributed by atoms with Crippen LogP contribution in [-0.2, 0) is 30.3 Å². The molecule has 2 atom stereocenters. The minimum Gasteiger partial charge on any atom is -0.508 e. The van der Waals surface area contributed by atoms with Crippen LogP contribution in [0.5, 0.6) is 5.75 Å². The van der Waals surface area contributed by atoms with Gasteiger partial charge in [0.2, 0.25) is 11.8 Å². The number of rotatable bonds is 18. The molecule has 0 fully saturated rings. The van der Waals surface area contributed by atoms with E-state index in [1.807, 2.05) is 30.3 Å². The Morgan fingerprint density at radius 3 is 2.24 bits per heavy atom. The van der Waals surface area contributed by atoms with Crippen molar-refractivity contribution in [1.82, 2.24) is 15.5 Å². The highest BCUT2D eigenvalue weighted by molar-refractivity contribution is 5.92. The quantitative estimate of drug-likeness (QED) is 0.140.